The highest BCUT2D eigenvalue weighted by Gasteiger charge is 2.08. The van der Waals surface area contributed by atoms with Crippen LogP contribution in [0.3, 0.4) is 0 Å². The highest BCUT2D eigenvalue weighted by Crippen LogP contribution is 2.29. The van der Waals surface area contributed by atoms with Gasteiger partial charge in [-0.25, -0.2) is 9.97 Å². The Morgan fingerprint density at radius 3 is 2.71 bits per heavy atom. The van der Waals surface area contributed by atoms with Gasteiger partial charge in [0.2, 0.25) is 0 Å². The lowest BCUT2D eigenvalue weighted by Gasteiger charge is -2.19. The number of hydrogen-bond donors (Lipinski definition) is 1. The molecule has 0 aliphatic carbocycles. The van der Waals surface area contributed by atoms with Crippen LogP contribution >= 0.6 is 15.9 Å². The molecule has 0 fully saturated rings. The van der Waals surface area contributed by atoms with Crippen molar-refractivity contribution in [2.75, 3.05) is 24.3 Å². The van der Waals surface area contributed by atoms with Gasteiger partial charge in [-0.05, 0) is 28.1 Å². The van der Waals surface area contributed by atoms with Crippen molar-refractivity contribution in [3.63, 3.8) is 0 Å². The molecule has 0 spiro atoms. The van der Waals surface area contributed by atoms with Gasteiger partial charge >= 0.3 is 0 Å². The zero-order chi connectivity index (χ0) is 12.3. The lowest BCUT2D eigenvalue weighted by atomic mass is 10.3. The van der Waals surface area contributed by atoms with Crippen LogP contribution in [0.15, 0.2) is 41.1 Å². The van der Waals surface area contributed by atoms with E-state index in [1.54, 1.807) is 6.33 Å². The molecule has 2 rings (SSSR count). The third kappa shape index (κ3) is 2.55. The van der Waals surface area contributed by atoms with E-state index in [1.807, 2.05) is 49.3 Å². The molecule has 1 aromatic heterocycles. The molecule has 1 aromatic carbocycles. The van der Waals surface area contributed by atoms with Crippen molar-refractivity contribution in [1.82, 2.24) is 9.97 Å². The number of aromatic nitrogens is 2. The molecule has 17 heavy (non-hydrogen) atoms. The second kappa shape index (κ2) is 5.14. The number of hydrogen-bond acceptors (Lipinski definition) is 4. The van der Waals surface area contributed by atoms with E-state index < -0.39 is 0 Å². The molecule has 0 radical (unpaired) electrons. The maximum atomic E-state index is 4.26. The maximum Gasteiger partial charge on any atom is 0.138 e. The summed E-state index contributed by atoms with van der Waals surface area (Å²) in [7, 11) is 3.81. The van der Waals surface area contributed by atoms with E-state index in [0.717, 1.165) is 21.8 Å². The van der Waals surface area contributed by atoms with Gasteiger partial charge in [-0.1, -0.05) is 12.1 Å². The first-order chi connectivity index (χ1) is 8.22. The fourth-order valence-electron chi connectivity index (χ4n) is 1.51. The average molecular weight is 293 g/mol. The second-order valence-electron chi connectivity index (χ2n) is 3.52. The number of rotatable bonds is 3. The van der Waals surface area contributed by atoms with Gasteiger partial charge in [0.1, 0.15) is 18.0 Å². The SMILES string of the molecule is CNc1cc(N(C)c2ccccc2Br)ncn1. The van der Waals surface area contributed by atoms with Crippen LogP contribution in [0.5, 0.6) is 0 Å². The van der Waals surface area contributed by atoms with Gasteiger partial charge in [-0.15, -0.1) is 0 Å². The molecule has 4 nitrogen and oxygen atoms in total. The summed E-state index contributed by atoms with van der Waals surface area (Å²) >= 11 is 3.53. The molecule has 1 heterocycles. The van der Waals surface area contributed by atoms with Gasteiger partial charge in [0.05, 0.1) is 5.69 Å². The summed E-state index contributed by atoms with van der Waals surface area (Å²) in [6.45, 7) is 0. The van der Waals surface area contributed by atoms with Crippen LogP contribution < -0.4 is 10.2 Å². The average Bonchev–Trinajstić information content (AvgIpc) is 2.38. The third-order valence-electron chi connectivity index (χ3n) is 2.47. The van der Waals surface area contributed by atoms with Gasteiger partial charge in [-0.2, -0.15) is 0 Å². The number of nitrogens with zero attached hydrogens (tertiary/aromatic N) is 3. The molecular formula is C12H13BrN4. The molecule has 2 aromatic rings. The van der Waals surface area contributed by atoms with Gasteiger partial charge in [0, 0.05) is 24.6 Å². The monoisotopic (exact) mass is 292 g/mol. The van der Waals surface area contributed by atoms with E-state index in [4.69, 9.17) is 0 Å². The highest BCUT2D eigenvalue weighted by molar-refractivity contribution is 9.10. The summed E-state index contributed by atoms with van der Waals surface area (Å²) in [5.74, 6) is 1.64. The van der Waals surface area contributed by atoms with Crippen molar-refractivity contribution < 1.29 is 0 Å². The Bertz CT molecular complexity index is 515. The van der Waals surface area contributed by atoms with Gasteiger partial charge in [0.15, 0.2) is 0 Å². The van der Waals surface area contributed by atoms with Crippen LogP contribution in [-0.2, 0) is 0 Å². The summed E-state index contributed by atoms with van der Waals surface area (Å²) in [5, 5.41) is 3.00. The van der Waals surface area contributed by atoms with Crippen molar-refractivity contribution in [3.05, 3.63) is 41.1 Å². The van der Waals surface area contributed by atoms with Crippen molar-refractivity contribution in [2.24, 2.45) is 0 Å². The Hall–Kier alpha value is -1.62. The lowest BCUT2D eigenvalue weighted by Crippen LogP contribution is -2.12. The zero-order valence-corrected chi connectivity index (χ0v) is 11.3. The van der Waals surface area contributed by atoms with E-state index in [9.17, 15) is 0 Å². The van der Waals surface area contributed by atoms with E-state index in [-0.39, 0.29) is 0 Å². The number of para-hydroxylation sites is 1. The minimum Gasteiger partial charge on any atom is -0.373 e. The van der Waals surface area contributed by atoms with Crippen molar-refractivity contribution in [2.45, 2.75) is 0 Å². The first-order valence-corrected chi connectivity index (χ1v) is 5.99. The number of anilines is 3. The largest absolute Gasteiger partial charge is 0.373 e. The molecule has 0 aliphatic rings. The Balaban J connectivity index is 2.37. The molecule has 0 saturated carbocycles. The quantitative estimate of drug-likeness (QED) is 0.944. The fraction of sp³-hybridized carbons (Fsp3) is 0.167. The molecule has 0 unspecified atom stereocenters. The molecule has 0 atom stereocenters. The van der Waals surface area contributed by atoms with Crippen molar-refractivity contribution in [1.29, 1.82) is 0 Å². The lowest BCUT2D eigenvalue weighted by molar-refractivity contribution is 1.07. The first kappa shape index (κ1) is 11.9. The normalized spacial score (nSPS) is 10.1. The molecule has 1 N–H and O–H groups in total. The van der Waals surface area contributed by atoms with E-state index in [0.29, 0.717) is 0 Å². The third-order valence-corrected chi connectivity index (χ3v) is 3.14. The van der Waals surface area contributed by atoms with Crippen LogP contribution in [-0.4, -0.2) is 24.1 Å². The summed E-state index contributed by atoms with van der Waals surface area (Å²) in [4.78, 5) is 10.4. The Morgan fingerprint density at radius 2 is 2.00 bits per heavy atom. The molecule has 88 valence electrons. The number of halogens is 1. The van der Waals surface area contributed by atoms with Crippen molar-refractivity contribution >= 4 is 33.3 Å². The predicted octanol–water partition coefficient (Wildman–Crippen LogP) is 3.05. The van der Waals surface area contributed by atoms with Crippen LogP contribution in [0.4, 0.5) is 17.3 Å². The van der Waals surface area contributed by atoms with E-state index in [2.05, 4.69) is 31.2 Å². The minimum absolute atomic E-state index is 0.800. The van der Waals surface area contributed by atoms with Crippen LogP contribution in [0.2, 0.25) is 0 Å². The first-order valence-electron chi connectivity index (χ1n) is 5.20. The number of nitrogens with one attached hydrogen (secondary N) is 1. The summed E-state index contributed by atoms with van der Waals surface area (Å²) < 4.78 is 1.03. The molecule has 0 bridgehead atoms. The van der Waals surface area contributed by atoms with Crippen LogP contribution in [0.25, 0.3) is 0 Å². The molecule has 0 amide bonds. The minimum atomic E-state index is 0.800. The van der Waals surface area contributed by atoms with E-state index in [1.165, 1.54) is 0 Å². The Kier molecular flexibility index (Phi) is 3.58. The Morgan fingerprint density at radius 1 is 1.24 bits per heavy atom. The fourth-order valence-corrected chi connectivity index (χ4v) is 2.07. The number of benzene rings is 1. The molecular weight excluding hydrogens is 280 g/mol. The van der Waals surface area contributed by atoms with Gasteiger partial charge < -0.3 is 10.2 Å². The summed E-state index contributed by atoms with van der Waals surface area (Å²) in [6, 6.07) is 9.92. The zero-order valence-electron chi connectivity index (χ0n) is 9.68. The van der Waals surface area contributed by atoms with Crippen molar-refractivity contribution in [3.8, 4) is 0 Å². The molecule has 0 saturated heterocycles. The van der Waals surface area contributed by atoms with Gasteiger partial charge in [0.25, 0.3) is 0 Å². The second-order valence-corrected chi connectivity index (χ2v) is 4.38. The summed E-state index contributed by atoms with van der Waals surface area (Å²) in [5.41, 5.74) is 1.06. The highest BCUT2D eigenvalue weighted by atomic mass is 79.9. The molecule has 0 aliphatic heterocycles. The molecule has 5 heteroatoms. The predicted molar refractivity (Wildman–Crippen MR) is 73.8 cm³/mol. The van der Waals surface area contributed by atoms with E-state index >= 15 is 0 Å². The Labute approximate surface area is 109 Å². The maximum absolute atomic E-state index is 4.26. The van der Waals surface area contributed by atoms with Crippen LogP contribution in [0.1, 0.15) is 0 Å². The van der Waals surface area contributed by atoms with Crippen LogP contribution in [0, 0.1) is 0 Å². The standard InChI is InChI=1S/C12H13BrN4/c1-14-11-7-12(16-8-15-11)17(2)10-6-4-3-5-9(10)13/h3-8H,1-2H3,(H,14,15,16). The summed E-state index contributed by atoms with van der Waals surface area (Å²) in [6.07, 6.45) is 1.55. The topological polar surface area (TPSA) is 41.0 Å². The van der Waals surface area contributed by atoms with Gasteiger partial charge in [-0.3, -0.25) is 0 Å². The smallest absolute Gasteiger partial charge is 0.138 e.